The molecule has 0 saturated carbocycles. The van der Waals surface area contributed by atoms with Crippen LogP contribution in [0.2, 0.25) is 0 Å². The van der Waals surface area contributed by atoms with Gasteiger partial charge < -0.3 is 10.1 Å². The summed E-state index contributed by atoms with van der Waals surface area (Å²) in [5.41, 5.74) is 1.59. The summed E-state index contributed by atoms with van der Waals surface area (Å²) in [5, 5.41) is 4.86. The summed E-state index contributed by atoms with van der Waals surface area (Å²) in [4.78, 5) is 12.5. The van der Waals surface area contributed by atoms with Crippen molar-refractivity contribution in [1.82, 2.24) is 0 Å². The van der Waals surface area contributed by atoms with E-state index in [-0.39, 0.29) is 17.4 Å². The first kappa shape index (κ1) is 21.4. The van der Waals surface area contributed by atoms with Crippen LogP contribution in [0.1, 0.15) is 5.56 Å². The molecular weight excluding hydrogens is 424 g/mol. The number of hydrogen-bond acceptors (Lipinski definition) is 4. The van der Waals surface area contributed by atoms with Crippen molar-refractivity contribution < 1.29 is 17.9 Å². The lowest BCUT2D eigenvalue weighted by atomic mass is 10.1. The predicted molar refractivity (Wildman–Crippen MR) is 127 cm³/mol. The first-order valence-electron chi connectivity index (χ1n) is 10.0. The van der Waals surface area contributed by atoms with Crippen LogP contribution in [0.25, 0.3) is 10.8 Å². The highest BCUT2D eigenvalue weighted by Gasteiger charge is 2.15. The van der Waals surface area contributed by atoms with Gasteiger partial charge in [0, 0.05) is 5.69 Å². The Morgan fingerprint density at radius 3 is 2.34 bits per heavy atom. The normalized spacial score (nSPS) is 11.2. The van der Waals surface area contributed by atoms with E-state index in [0.29, 0.717) is 17.1 Å². The second-order valence-corrected chi connectivity index (χ2v) is 8.98. The van der Waals surface area contributed by atoms with Crippen molar-refractivity contribution in [1.29, 1.82) is 0 Å². The van der Waals surface area contributed by atoms with Gasteiger partial charge in [-0.3, -0.25) is 9.52 Å². The summed E-state index contributed by atoms with van der Waals surface area (Å²) in [6.45, 7) is 1.62. The molecule has 0 atom stereocenters. The molecule has 0 fully saturated rings. The average Bonchev–Trinajstić information content (AvgIpc) is 2.80. The van der Waals surface area contributed by atoms with E-state index in [9.17, 15) is 13.2 Å². The van der Waals surface area contributed by atoms with Gasteiger partial charge in [0.25, 0.3) is 15.9 Å². The number of aryl methyl sites for hydroxylation is 1. The Morgan fingerprint density at radius 1 is 0.844 bits per heavy atom. The topological polar surface area (TPSA) is 84.5 Å². The van der Waals surface area contributed by atoms with Crippen LogP contribution < -0.4 is 14.8 Å². The van der Waals surface area contributed by atoms with Crippen LogP contribution in [-0.4, -0.2) is 20.9 Å². The summed E-state index contributed by atoms with van der Waals surface area (Å²) in [5.74, 6) is 0.248. The zero-order valence-electron chi connectivity index (χ0n) is 17.4. The van der Waals surface area contributed by atoms with Crippen molar-refractivity contribution in [2.24, 2.45) is 0 Å². The second kappa shape index (κ2) is 9.11. The summed E-state index contributed by atoms with van der Waals surface area (Å²) in [7, 11) is -3.73. The minimum atomic E-state index is -3.73. The fourth-order valence-corrected chi connectivity index (χ4v) is 4.36. The maximum atomic E-state index is 12.6. The lowest BCUT2D eigenvalue weighted by Gasteiger charge is -2.13. The van der Waals surface area contributed by atoms with Crippen LogP contribution >= 0.6 is 0 Å². The molecule has 4 aromatic carbocycles. The van der Waals surface area contributed by atoms with Crippen LogP contribution in [0.3, 0.4) is 0 Å². The third-order valence-corrected chi connectivity index (χ3v) is 6.29. The van der Waals surface area contributed by atoms with E-state index in [4.69, 9.17) is 4.74 Å². The van der Waals surface area contributed by atoms with Gasteiger partial charge in [0.15, 0.2) is 6.61 Å². The lowest BCUT2D eigenvalue weighted by Crippen LogP contribution is -2.20. The van der Waals surface area contributed by atoms with Crippen molar-refractivity contribution in [2.45, 2.75) is 11.8 Å². The molecule has 0 aromatic heterocycles. The molecule has 162 valence electrons. The van der Waals surface area contributed by atoms with Crippen LogP contribution in [-0.2, 0) is 14.8 Å². The molecular formula is C25H22N2O4S. The molecule has 0 spiro atoms. The lowest BCUT2D eigenvalue weighted by molar-refractivity contribution is -0.118. The van der Waals surface area contributed by atoms with Crippen LogP contribution in [0.15, 0.2) is 95.9 Å². The van der Waals surface area contributed by atoms with Crippen LogP contribution in [0, 0.1) is 6.92 Å². The average molecular weight is 447 g/mol. The minimum absolute atomic E-state index is 0.164. The number of fused-ring (bicyclic) bond motifs is 1. The fourth-order valence-electron chi connectivity index (χ4n) is 3.22. The number of nitrogens with one attached hydrogen (secondary N) is 2. The van der Waals surface area contributed by atoms with Crippen molar-refractivity contribution >= 4 is 38.1 Å². The number of carbonyl (C=O) groups is 1. The number of benzene rings is 4. The molecule has 4 rings (SSSR count). The van der Waals surface area contributed by atoms with E-state index >= 15 is 0 Å². The van der Waals surface area contributed by atoms with Gasteiger partial charge in [-0.15, -0.1) is 0 Å². The van der Waals surface area contributed by atoms with E-state index in [1.165, 1.54) is 12.1 Å². The first-order chi connectivity index (χ1) is 15.4. The molecule has 1 amide bonds. The molecule has 0 aliphatic rings. The van der Waals surface area contributed by atoms with Crippen molar-refractivity contribution in [3.8, 4) is 5.75 Å². The molecule has 0 radical (unpaired) electrons. The quantitative estimate of drug-likeness (QED) is 0.420. The Kier molecular flexibility index (Phi) is 6.09. The van der Waals surface area contributed by atoms with Gasteiger partial charge in [0.1, 0.15) is 5.75 Å². The van der Waals surface area contributed by atoms with E-state index < -0.39 is 10.0 Å². The molecule has 32 heavy (non-hydrogen) atoms. The predicted octanol–water partition coefficient (Wildman–Crippen LogP) is 4.97. The highest BCUT2D eigenvalue weighted by molar-refractivity contribution is 7.92. The van der Waals surface area contributed by atoms with Crippen molar-refractivity contribution in [3.05, 3.63) is 96.6 Å². The van der Waals surface area contributed by atoms with Gasteiger partial charge in [-0.2, -0.15) is 0 Å². The van der Waals surface area contributed by atoms with Gasteiger partial charge in [0.2, 0.25) is 0 Å². The fraction of sp³-hybridized carbons (Fsp3) is 0.0800. The summed E-state index contributed by atoms with van der Waals surface area (Å²) in [6, 6.07) is 26.7. The Labute approximate surface area is 186 Å². The summed E-state index contributed by atoms with van der Waals surface area (Å²) < 4.78 is 33.4. The number of ether oxygens (including phenoxy) is 1. The molecule has 0 unspecified atom stereocenters. The summed E-state index contributed by atoms with van der Waals surface area (Å²) in [6.07, 6.45) is 0. The van der Waals surface area contributed by atoms with Gasteiger partial charge >= 0.3 is 0 Å². The van der Waals surface area contributed by atoms with Crippen LogP contribution in [0.4, 0.5) is 11.4 Å². The molecule has 0 saturated heterocycles. The smallest absolute Gasteiger partial charge is 0.262 e. The standard InChI is InChI=1S/C25H22N2O4S/c1-18-11-13-21(16-24(18)27-32(29,30)23-9-3-2-4-10-23)26-25(28)17-31-22-14-12-19-7-5-6-8-20(19)15-22/h2-16,27H,17H2,1H3,(H,26,28). The Hall–Kier alpha value is -3.84. The van der Waals surface area contributed by atoms with E-state index in [1.807, 2.05) is 42.5 Å². The molecule has 4 aromatic rings. The van der Waals surface area contributed by atoms with Crippen molar-refractivity contribution in [2.75, 3.05) is 16.6 Å². The SMILES string of the molecule is Cc1ccc(NC(=O)COc2ccc3ccccc3c2)cc1NS(=O)(=O)c1ccccc1. The van der Waals surface area contributed by atoms with Gasteiger partial charge in [-0.1, -0.05) is 54.6 Å². The van der Waals surface area contributed by atoms with E-state index in [0.717, 1.165) is 16.3 Å². The highest BCUT2D eigenvalue weighted by atomic mass is 32.2. The molecule has 0 bridgehead atoms. The number of amides is 1. The maximum absolute atomic E-state index is 12.6. The number of carbonyl (C=O) groups excluding carboxylic acids is 1. The Balaban J connectivity index is 1.42. The number of anilines is 2. The van der Waals surface area contributed by atoms with E-state index in [1.54, 1.807) is 43.3 Å². The maximum Gasteiger partial charge on any atom is 0.262 e. The monoisotopic (exact) mass is 446 g/mol. The third kappa shape index (κ3) is 5.07. The molecule has 0 heterocycles. The zero-order valence-corrected chi connectivity index (χ0v) is 18.2. The van der Waals surface area contributed by atoms with Gasteiger partial charge in [-0.25, -0.2) is 8.42 Å². The second-order valence-electron chi connectivity index (χ2n) is 7.29. The molecule has 0 aliphatic heterocycles. The van der Waals surface area contributed by atoms with Crippen molar-refractivity contribution in [3.63, 3.8) is 0 Å². The Morgan fingerprint density at radius 2 is 1.56 bits per heavy atom. The Bertz CT molecular complexity index is 1370. The van der Waals surface area contributed by atoms with Gasteiger partial charge in [-0.05, 0) is 59.7 Å². The summed E-state index contributed by atoms with van der Waals surface area (Å²) >= 11 is 0. The first-order valence-corrected chi connectivity index (χ1v) is 11.5. The molecule has 6 nitrogen and oxygen atoms in total. The largest absolute Gasteiger partial charge is 0.484 e. The van der Waals surface area contributed by atoms with Gasteiger partial charge in [0.05, 0.1) is 10.6 Å². The molecule has 0 aliphatic carbocycles. The number of rotatable bonds is 7. The highest BCUT2D eigenvalue weighted by Crippen LogP contribution is 2.24. The zero-order chi connectivity index (χ0) is 22.6. The molecule has 2 N–H and O–H groups in total. The third-order valence-electron chi connectivity index (χ3n) is 4.91. The number of sulfonamides is 1. The van der Waals surface area contributed by atoms with Crippen LogP contribution in [0.5, 0.6) is 5.75 Å². The minimum Gasteiger partial charge on any atom is -0.484 e. The number of hydrogen-bond donors (Lipinski definition) is 2. The van der Waals surface area contributed by atoms with E-state index in [2.05, 4.69) is 10.0 Å². The molecule has 7 heteroatoms.